The molecule has 0 aliphatic heterocycles. The quantitative estimate of drug-likeness (QED) is 0.315. The molecule has 12 heteroatoms. The SMILES string of the molecule is CCCCC(Nc1ccc(C(=O)Nc2nc(C)c([N+](=O)[O-])s2)c(NC(C)=O)c1)C(=O)O. The number of carboxylic acid groups (broad SMARTS) is 1. The van der Waals surface area contributed by atoms with Gasteiger partial charge in [-0.2, -0.15) is 0 Å². The van der Waals surface area contributed by atoms with Crippen molar-refractivity contribution in [3.05, 3.63) is 39.6 Å². The molecule has 0 aliphatic carbocycles. The zero-order chi connectivity index (χ0) is 23.1. The van der Waals surface area contributed by atoms with Crippen LogP contribution in [0, 0.1) is 17.0 Å². The van der Waals surface area contributed by atoms with Gasteiger partial charge in [-0.15, -0.1) is 0 Å². The van der Waals surface area contributed by atoms with Crippen LogP contribution < -0.4 is 16.0 Å². The van der Waals surface area contributed by atoms with Gasteiger partial charge in [0.15, 0.2) is 5.13 Å². The summed E-state index contributed by atoms with van der Waals surface area (Å²) in [4.78, 5) is 50.2. The van der Waals surface area contributed by atoms with Crippen molar-refractivity contribution < 1.29 is 24.4 Å². The summed E-state index contributed by atoms with van der Waals surface area (Å²) in [6.07, 6.45) is 1.99. The molecule has 0 fully saturated rings. The van der Waals surface area contributed by atoms with Crippen molar-refractivity contribution in [3.8, 4) is 0 Å². The largest absolute Gasteiger partial charge is 0.480 e. The third kappa shape index (κ3) is 6.47. The van der Waals surface area contributed by atoms with E-state index < -0.39 is 28.7 Å². The molecule has 4 N–H and O–H groups in total. The molecule has 1 aromatic heterocycles. The maximum atomic E-state index is 12.7. The highest BCUT2D eigenvalue weighted by molar-refractivity contribution is 7.19. The number of hydrogen-bond donors (Lipinski definition) is 4. The first-order chi connectivity index (χ1) is 14.6. The van der Waals surface area contributed by atoms with Gasteiger partial charge >= 0.3 is 11.0 Å². The molecule has 0 spiro atoms. The van der Waals surface area contributed by atoms with Crippen molar-refractivity contribution in [1.82, 2.24) is 4.98 Å². The fraction of sp³-hybridized carbons (Fsp3) is 0.368. The summed E-state index contributed by atoms with van der Waals surface area (Å²) >= 11 is 0.726. The number of nitro groups is 1. The summed E-state index contributed by atoms with van der Waals surface area (Å²) in [7, 11) is 0. The monoisotopic (exact) mass is 449 g/mol. The molecule has 31 heavy (non-hydrogen) atoms. The van der Waals surface area contributed by atoms with Crippen molar-refractivity contribution in [2.24, 2.45) is 0 Å². The van der Waals surface area contributed by atoms with Gasteiger partial charge in [0, 0.05) is 12.6 Å². The van der Waals surface area contributed by atoms with Crippen LogP contribution >= 0.6 is 11.3 Å². The molecule has 0 saturated carbocycles. The molecule has 11 nitrogen and oxygen atoms in total. The van der Waals surface area contributed by atoms with Crippen LogP contribution in [0.25, 0.3) is 0 Å². The lowest BCUT2D eigenvalue weighted by atomic mass is 10.1. The van der Waals surface area contributed by atoms with Crippen LogP contribution in [0.5, 0.6) is 0 Å². The lowest BCUT2D eigenvalue weighted by molar-refractivity contribution is -0.380. The highest BCUT2D eigenvalue weighted by Crippen LogP contribution is 2.31. The van der Waals surface area contributed by atoms with Gasteiger partial charge in [-0.25, -0.2) is 9.78 Å². The third-order valence-electron chi connectivity index (χ3n) is 4.22. The number of amides is 2. The van der Waals surface area contributed by atoms with E-state index in [0.717, 1.165) is 24.2 Å². The number of unbranched alkanes of at least 4 members (excludes halogenated alkanes) is 1. The normalized spacial score (nSPS) is 11.5. The molecule has 0 saturated heterocycles. The lowest BCUT2D eigenvalue weighted by Crippen LogP contribution is -2.29. The van der Waals surface area contributed by atoms with E-state index in [1.54, 1.807) is 0 Å². The molecular weight excluding hydrogens is 426 g/mol. The number of carbonyl (C=O) groups is 3. The lowest BCUT2D eigenvalue weighted by Gasteiger charge is -2.17. The van der Waals surface area contributed by atoms with Crippen LogP contribution in [0.2, 0.25) is 0 Å². The molecule has 2 aromatic rings. The molecule has 2 amide bonds. The van der Waals surface area contributed by atoms with Gasteiger partial charge in [0.05, 0.1) is 16.2 Å². The topological polar surface area (TPSA) is 164 Å². The Hall–Kier alpha value is -3.54. The van der Waals surface area contributed by atoms with Gasteiger partial charge < -0.3 is 15.7 Å². The third-order valence-corrected chi connectivity index (χ3v) is 5.24. The number of nitrogens with one attached hydrogen (secondary N) is 3. The molecule has 2 rings (SSSR count). The predicted octanol–water partition coefficient (Wildman–Crippen LogP) is 3.63. The van der Waals surface area contributed by atoms with Crippen LogP contribution in [0.15, 0.2) is 18.2 Å². The van der Waals surface area contributed by atoms with Crippen LogP contribution in [0.4, 0.5) is 21.5 Å². The smallest absolute Gasteiger partial charge is 0.348 e. The zero-order valence-electron chi connectivity index (χ0n) is 17.2. The highest BCUT2D eigenvalue weighted by Gasteiger charge is 2.22. The van der Waals surface area contributed by atoms with Gasteiger partial charge in [-0.3, -0.25) is 25.0 Å². The fourth-order valence-electron chi connectivity index (χ4n) is 2.77. The molecule has 1 unspecified atom stereocenters. The number of carboxylic acids is 1. The first-order valence-corrected chi connectivity index (χ1v) is 10.3. The van der Waals surface area contributed by atoms with Gasteiger partial charge in [-0.05, 0) is 42.9 Å². The number of nitrogens with zero attached hydrogens (tertiary/aromatic N) is 2. The van der Waals surface area contributed by atoms with Crippen molar-refractivity contribution in [2.75, 3.05) is 16.0 Å². The van der Waals surface area contributed by atoms with Gasteiger partial charge in [0.25, 0.3) is 5.91 Å². The second-order valence-corrected chi connectivity index (χ2v) is 7.72. The Kier molecular flexibility index (Phi) is 8.02. The van der Waals surface area contributed by atoms with E-state index in [1.165, 1.54) is 32.0 Å². The number of thiazole rings is 1. The summed E-state index contributed by atoms with van der Waals surface area (Å²) in [6.45, 7) is 4.70. The van der Waals surface area contributed by atoms with E-state index in [-0.39, 0.29) is 27.1 Å². The summed E-state index contributed by atoms with van der Waals surface area (Å²) in [5.41, 5.74) is 0.859. The van der Waals surface area contributed by atoms with Crippen LogP contribution in [0.1, 0.15) is 49.2 Å². The van der Waals surface area contributed by atoms with E-state index in [0.29, 0.717) is 12.1 Å². The van der Waals surface area contributed by atoms with Crippen molar-refractivity contribution in [3.63, 3.8) is 0 Å². The van der Waals surface area contributed by atoms with E-state index in [9.17, 15) is 29.6 Å². The minimum absolute atomic E-state index is 0.0516. The molecular formula is C19H23N5O6S. The molecule has 0 aliphatic rings. The van der Waals surface area contributed by atoms with E-state index in [1.807, 2.05) is 6.92 Å². The number of benzene rings is 1. The van der Waals surface area contributed by atoms with Gasteiger partial charge in [0.2, 0.25) is 5.91 Å². The summed E-state index contributed by atoms with van der Waals surface area (Å²) in [5.74, 6) is -2.05. The number of rotatable bonds is 10. The first kappa shape index (κ1) is 23.7. The van der Waals surface area contributed by atoms with E-state index >= 15 is 0 Å². The summed E-state index contributed by atoms with van der Waals surface area (Å²) < 4.78 is 0. The fourth-order valence-corrected chi connectivity index (χ4v) is 3.54. The number of aliphatic carboxylic acids is 1. The Balaban J connectivity index is 2.28. The Bertz CT molecular complexity index is 1010. The average Bonchev–Trinajstić information content (AvgIpc) is 3.04. The van der Waals surface area contributed by atoms with Crippen LogP contribution in [-0.2, 0) is 9.59 Å². The molecule has 1 heterocycles. The molecule has 1 atom stereocenters. The Morgan fingerprint density at radius 2 is 2.00 bits per heavy atom. The minimum atomic E-state index is -1.00. The van der Waals surface area contributed by atoms with E-state index in [2.05, 4.69) is 20.9 Å². The second kappa shape index (κ2) is 10.5. The van der Waals surface area contributed by atoms with Gasteiger partial charge in [0.1, 0.15) is 11.7 Å². The standard InChI is InChI=1S/C19H23N5O6S/c1-4-5-6-14(18(27)28)22-12-7-8-13(15(9-12)21-11(3)25)16(26)23-19-20-10(2)17(31-19)24(29)30/h7-9,14,22H,4-6H2,1-3H3,(H,21,25)(H,27,28)(H,20,23,26). The predicted molar refractivity (Wildman–Crippen MR) is 117 cm³/mol. The van der Waals surface area contributed by atoms with Crippen molar-refractivity contribution in [2.45, 2.75) is 46.1 Å². The molecule has 1 aromatic carbocycles. The summed E-state index contributed by atoms with van der Waals surface area (Å²) in [6, 6.07) is 3.60. The number of hydrogen-bond acceptors (Lipinski definition) is 8. The number of aryl methyl sites for hydroxylation is 1. The van der Waals surface area contributed by atoms with Crippen molar-refractivity contribution in [1.29, 1.82) is 0 Å². The minimum Gasteiger partial charge on any atom is -0.480 e. The van der Waals surface area contributed by atoms with Crippen LogP contribution in [-0.4, -0.2) is 38.8 Å². The molecule has 0 bridgehead atoms. The van der Waals surface area contributed by atoms with Crippen molar-refractivity contribution >= 4 is 50.6 Å². The van der Waals surface area contributed by atoms with E-state index in [4.69, 9.17) is 0 Å². The molecule has 0 radical (unpaired) electrons. The zero-order valence-corrected chi connectivity index (χ0v) is 18.0. The number of aromatic nitrogens is 1. The Morgan fingerprint density at radius 3 is 2.55 bits per heavy atom. The maximum absolute atomic E-state index is 12.7. The Morgan fingerprint density at radius 1 is 1.29 bits per heavy atom. The maximum Gasteiger partial charge on any atom is 0.348 e. The van der Waals surface area contributed by atoms with Gasteiger partial charge in [-0.1, -0.05) is 19.8 Å². The Labute approximate surface area is 182 Å². The highest BCUT2D eigenvalue weighted by atomic mass is 32.1. The second-order valence-electron chi connectivity index (χ2n) is 6.74. The molecule has 166 valence electrons. The first-order valence-electron chi connectivity index (χ1n) is 9.46. The summed E-state index contributed by atoms with van der Waals surface area (Å²) in [5, 5.41) is 28.2. The number of anilines is 3. The van der Waals surface area contributed by atoms with Crippen LogP contribution in [0.3, 0.4) is 0 Å². The number of carbonyl (C=O) groups excluding carboxylic acids is 2. The average molecular weight is 449 g/mol.